The first-order valence-corrected chi connectivity index (χ1v) is 4.99. The summed E-state index contributed by atoms with van der Waals surface area (Å²) < 4.78 is 0.913. The van der Waals surface area contributed by atoms with Crippen molar-refractivity contribution in [3.05, 3.63) is 22.3 Å². The molecule has 0 fully saturated rings. The Morgan fingerprint density at radius 1 is 1.64 bits per heavy atom. The lowest BCUT2D eigenvalue weighted by Crippen LogP contribution is -2.32. The van der Waals surface area contributed by atoms with Crippen molar-refractivity contribution in [2.45, 2.75) is 19.9 Å². The van der Waals surface area contributed by atoms with Crippen molar-refractivity contribution in [2.24, 2.45) is 5.73 Å². The van der Waals surface area contributed by atoms with Gasteiger partial charge in [0, 0.05) is 4.47 Å². The molecule has 1 atom stereocenters. The van der Waals surface area contributed by atoms with E-state index in [0.717, 1.165) is 10.2 Å². The molecule has 1 rings (SSSR count). The van der Waals surface area contributed by atoms with Gasteiger partial charge >= 0.3 is 0 Å². The number of rotatable bonds is 2. The van der Waals surface area contributed by atoms with Gasteiger partial charge in [-0.25, -0.2) is 4.98 Å². The summed E-state index contributed by atoms with van der Waals surface area (Å²) in [5.74, 6) is 0.284. The van der Waals surface area contributed by atoms with Crippen molar-refractivity contribution < 1.29 is 4.79 Å². The molecule has 5 heteroatoms. The van der Waals surface area contributed by atoms with Gasteiger partial charge in [0.25, 0.3) is 0 Å². The smallest absolute Gasteiger partial charge is 0.242 e. The first-order chi connectivity index (χ1) is 6.50. The van der Waals surface area contributed by atoms with Gasteiger partial charge in [0.15, 0.2) is 0 Å². The van der Waals surface area contributed by atoms with Gasteiger partial charge in [-0.05, 0) is 41.9 Å². The highest BCUT2D eigenvalue weighted by Gasteiger charge is 2.08. The fraction of sp³-hybridized carbons (Fsp3) is 0.333. The summed E-state index contributed by atoms with van der Waals surface area (Å²) in [6.45, 7) is 3.48. The predicted molar refractivity (Wildman–Crippen MR) is 59.0 cm³/mol. The van der Waals surface area contributed by atoms with Gasteiger partial charge in [0.1, 0.15) is 5.82 Å². The maximum Gasteiger partial charge on any atom is 0.242 e. The summed E-state index contributed by atoms with van der Waals surface area (Å²) in [4.78, 5) is 15.4. The molecule has 0 aliphatic heterocycles. The lowest BCUT2D eigenvalue weighted by molar-refractivity contribution is -0.117. The van der Waals surface area contributed by atoms with Crippen molar-refractivity contribution in [1.29, 1.82) is 0 Å². The van der Waals surface area contributed by atoms with E-state index in [0.29, 0.717) is 5.82 Å². The van der Waals surface area contributed by atoms with Gasteiger partial charge < -0.3 is 11.1 Å². The number of halogens is 1. The fourth-order valence-corrected chi connectivity index (χ4v) is 1.07. The van der Waals surface area contributed by atoms with Crippen LogP contribution in [0, 0.1) is 6.92 Å². The molecule has 1 aromatic rings. The maximum atomic E-state index is 11.2. The largest absolute Gasteiger partial charge is 0.320 e. The van der Waals surface area contributed by atoms with Gasteiger partial charge in [-0.2, -0.15) is 0 Å². The molecule has 0 aromatic carbocycles. The van der Waals surface area contributed by atoms with Crippen LogP contribution in [-0.4, -0.2) is 16.9 Å². The molecule has 3 N–H and O–H groups in total. The van der Waals surface area contributed by atoms with E-state index in [4.69, 9.17) is 5.73 Å². The molecule has 0 bridgehead atoms. The maximum absolute atomic E-state index is 11.2. The molecule has 0 aliphatic rings. The van der Waals surface area contributed by atoms with Crippen molar-refractivity contribution in [3.8, 4) is 0 Å². The number of aromatic nitrogens is 1. The summed E-state index contributed by atoms with van der Waals surface area (Å²) in [6.07, 6.45) is 0. The van der Waals surface area contributed by atoms with Crippen molar-refractivity contribution >= 4 is 27.7 Å². The standard InChI is InChI=1S/C9H12BrN3O/c1-5(11)9(14)13-8-4-3-7(10)6(2)12-8/h3-5H,11H2,1-2H3,(H,12,13,14)/t5-/m1/s1. The Labute approximate surface area is 91.0 Å². The minimum atomic E-state index is -0.527. The topological polar surface area (TPSA) is 68.0 Å². The third-order valence-electron chi connectivity index (χ3n) is 1.69. The van der Waals surface area contributed by atoms with Crippen LogP contribution in [0.4, 0.5) is 5.82 Å². The van der Waals surface area contributed by atoms with Crippen LogP contribution in [0.3, 0.4) is 0 Å². The number of nitrogens with one attached hydrogen (secondary N) is 1. The minimum Gasteiger partial charge on any atom is -0.320 e. The van der Waals surface area contributed by atoms with Gasteiger partial charge in [-0.1, -0.05) is 0 Å². The Morgan fingerprint density at radius 3 is 2.79 bits per heavy atom. The third-order valence-corrected chi connectivity index (χ3v) is 2.52. The number of amides is 1. The van der Waals surface area contributed by atoms with Crippen LogP contribution in [-0.2, 0) is 4.79 Å². The van der Waals surface area contributed by atoms with Crippen LogP contribution in [0.5, 0.6) is 0 Å². The van der Waals surface area contributed by atoms with E-state index in [2.05, 4.69) is 26.2 Å². The highest BCUT2D eigenvalue weighted by atomic mass is 79.9. The molecule has 76 valence electrons. The van der Waals surface area contributed by atoms with Crippen LogP contribution >= 0.6 is 15.9 Å². The van der Waals surface area contributed by atoms with Crippen LogP contribution in [0.1, 0.15) is 12.6 Å². The van der Waals surface area contributed by atoms with E-state index in [9.17, 15) is 4.79 Å². The zero-order chi connectivity index (χ0) is 10.7. The van der Waals surface area contributed by atoms with Crippen LogP contribution in [0.15, 0.2) is 16.6 Å². The molecule has 0 aliphatic carbocycles. The number of pyridine rings is 1. The molecule has 4 nitrogen and oxygen atoms in total. The zero-order valence-corrected chi connectivity index (χ0v) is 9.63. The summed E-state index contributed by atoms with van der Waals surface area (Å²) in [5.41, 5.74) is 6.23. The third kappa shape index (κ3) is 2.78. The number of aryl methyl sites for hydroxylation is 1. The Balaban J connectivity index is 2.78. The van der Waals surface area contributed by atoms with Crippen LogP contribution in [0.2, 0.25) is 0 Å². The van der Waals surface area contributed by atoms with E-state index in [-0.39, 0.29) is 5.91 Å². The molecular weight excluding hydrogens is 246 g/mol. The second-order valence-electron chi connectivity index (χ2n) is 3.04. The molecule has 0 radical (unpaired) electrons. The van der Waals surface area contributed by atoms with Crippen molar-refractivity contribution in [3.63, 3.8) is 0 Å². The fourth-order valence-electron chi connectivity index (χ4n) is 0.854. The minimum absolute atomic E-state index is 0.237. The van der Waals surface area contributed by atoms with E-state index in [1.54, 1.807) is 13.0 Å². The normalized spacial score (nSPS) is 12.3. The zero-order valence-electron chi connectivity index (χ0n) is 8.04. The average Bonchev–Trinajstić information content (AvgIpc) is 2.11. The quantitative estimate of drug-likeness (QED) is 0.843. The van der Waals surface area contributed by atoms with Crippen LogP contribution in [0.25, 0.3) is 0 Å². The highest BCUT2D eigenvalue weighted by Crippen LogP contribution is 2.16. The first-order valence-electron chi connectivity index (χ1n) is 4.20. The monoisotopic (exact) mass is 257 g/mol. The summed E-state index contributed by atoms with van der Waals surface area (Å²) >= 11 is 3.32. The Kier molecular flexibility index (Phi) is 3.60. The molecular formula is C9H12BrN3O. The molecule has 0 spiro atoms. The summed E-state index contributed by atoms with van der Waals surface area (Å²) in [7, 11) is 0. The first kappa shape index (κ1) is 11.1. The number of carbonyl (C=O) groups is 1. The van der Waals surface area contributed by atoms with Gasteiger partial charge in [0.2, 0.25) is 5.91 Å². The SMILES string of the molecule is Cc1nc(NC(=O)[C@@H](C)N)ccc1Br. The van der Waals surface area contributed by atoms with Crippen molar-refractivity contribution in [1.82, 2.24) is 4.98 Å². The molecule has 14 heavy (non-hydrogen) atoms. The lowest BCUT2D eigenvalue weighted by atomic mass is 10.3. The molecule has 1 heterocycles. The number of hydrogen-bond acceptors (Lipinski definition) is 3. The number of nitrogens with zero attached hydrogens (tertiary/aromatic N) is 1. The Morgan fingerprint density at radius 2 is 2.29 bits per heavy atom. The average molecular weight is 258 g/mol. The van der Waals surface area contributed by atoms with Crippen LogP contribution < -0.4 is 11.1 Å². The molecule has 1 aromatic heterocycles. The molecule has 0 saturated carbocycles. The number of hydrogen-bond donors (Lipinski definition) is 2. The predicted octanol–water partition coefficient (Wildman–Crippen LogP) is 1.44. The van der Waals surface area contributed by atoms with E-state index < -0.39 is 6.04 Å². The van der Waals surface area contributed by atoms with Gasteiger partial charge in [0.05, 0.1) is 11.7 Å². The summed E-state index contributed by atoms with van der Waals surface area (Å²) in [6, 6.07) is 3.02. The van der Waals surface area contributed by atoms with Gasteiger partial charge in [-0.15, -0.1) is 0 Å². The van der Waals surface area contributed by atoms with Gasteiger partial charge in [-0.3, -0.25) is 4.79 Å². The number of carbonyl (C=O) groups excluding carboxylic acids is 1. The van der Waals surface area contributed by atoms with E-state index in [1.807, 2.05) is 13.0 Å². The van der Waals surface area contributed by atoms with E-state index in [1.165, 1.54) is 0 Å². The van der Waals surface area contributed by atoms with Crippen molar-refractivity contribution in [2.75, 3.05) is 5.32 Å². The molecule has 0 unspecified atom stereocenters. The lowest BCUT2D eigenvalue weighted by Gasteiger charge is -2.07. The number of nitrogens with two attached hydrogens (primary N) is 1. The highest BCUT2D eigenvalue weighted by molar-refractivity contribution is 9.10. The molecule has 0 saturated heterocycles. The Hall–Kier alpha value is -0.940. The number of anilines is 1. The molecule has 1 amide bonds. The summed E-state index contributed by atoms with van der Waals surface area (Å²) in [5, 5.41) is 2.61. The second kappa shape index (κ2) is 4.52. The Bertz CT molecular complexity index is 352. The second-order valence-corrected chi connectivity index (χ2v) is 3.90. The van der Waals surface area contributed by atoms with E-state index >= 15 is 0 Å².